The minimum Gasteiger partial charge on any atom is -0.508 e. The Morgan fingerprint density at radius 3 is 2.41 bits per heavy atom. The summed E-state index contributed by atoms with van der Waals surface area (Å²) in [6.45, 7) is 6.43. The van der Waals surface area contributed by atoms with Crippen molar-refractivity contribution in [3.05, 3.63) is 59.7 Å². The first kappa shape index (κ1) is 25.4. The van der Waals surface area contributed by atoms with Gasteiger partial charge in [-0.05, 0) is 119 Å². The predicted molar refractivity (Wildman–Crippen MR) is 146 cm³/mol. The van der Waals surface area contributed by atoms with E-state index in [9.17, 15) is 13.5 Å². The Kier molecular flexibility index (Phi) is 6.63. The Balaban J connectivity index is 1.16. The molecule has 0 aromatic heterocycles. The molecule has 4 aliphatic rings. The van der Waals surface area contributed by atoms with E-state index in [1.807, 2.05) is 34.6 Å². The lowest BCUT2D eigenvalue weighted by Crippen LogP contribution is -2.58. The van der Waals surface area contributed by atoms with Gasteiger partial charge >= 0.3 is 0 Å². The highest BCUT2D eigenvalue weighted by atomic mass is 32.2. The van der Waals surface area contributed by atoms with E-state index in [-0.39, 0.29) is 17.5 Å². The van der Waals surface area contributed by atoms with Gasteiger partial charge in [-0.3, -0.25) is 0 Å². The molecule has 2 aliphatic heterocycles. The molecule has 0 spiro atoms. The first-order chi connectivity index (χ1) is 17.8. The zero-order valence-corrected chi connectivity index (χ0v) is 23.0. The highest BCUT2D eigenvalue weighted by Gasteiger charge is 2.50. The molecule has 1 N–H and O–H groups in total. The number of rotatable bonds is 7. The van der Waals surface area contributed by atoms with Gasteiger partial charge in [0.2, 0.25) is 10.0 Å². The second-order valence-electron chi connectivity index (χ2n) is 12.0. The van der Waals surface area contributed by atoms with Crippen LogP contribution in [0.4, 0.5) is 0 Å². The van der Waals surface area contributed by atoms with Crippen molar-refractivity contribution in [1.29, 1.82) is 0 Å². The molecule has 0 amide bonds. The standard InChI is InChI=1S/C30H41N3O3S/c1-22-29-20-23-8-11-26(34)21-28(23)30(22,14-18-31(29)2)15-19-32-16-12-25(13-17-32)33(24-9-10-24)37(35,36)27-6-4-3-5-7-27/h3-8,11,21-22,24-25,29,34H,9-10,12-20H2,1-2H3/t22-,29?,30+/m0/s1. The summed E-state index contributed by atoms with van der Waals surface area (Å²) in [5.74, 6) is 0.919. The van der Waals surface area contributed by atoms with Crippen LogP contribution in [0.25, 0.3) is 0 Å². The molecular formula is C30H41N3O3S. The van der Waals surface area contributed by atoms with E-state index in [0.717, 1.165) is 71.1 Å². The number of hydrogen-bond acceptors (Lipinski definition) is 5. The average molecular weight is 524 g/mol. The Bertz CT molecular complexity index is 1220. The normalized spacial score (nSPS) is 29.4. The Labute approximate surface area is 222 Å². The number of sulfonamides is 1. The summed E-state index contributed by atoms with van der Waals surface area (Å²) in [4.78, 5) is 5.51. The molecule has 2 saturated heterocycles. The van der Waals surface area contributed by atoms with Gasteiger partial charge in [0.25, 0.3) is 0 Å². The van der Waals surface area contributed by atoms with E-state index in [2.05, 4.69) is 29.8 Å². The highest BCUT2D eigenvalue weighted by Crippen LogP contribution is 2.51. The molecule has 7 heteroatoms. The number of phenols is 1. The van der Waals surface area contributed by atoms with Gasteiger partial charge in [-0.2, -0.15) is 4.31 Å². The van der Waals surface area contributed by atoms with E-state index in [0.29, 0.717) is 22.6 Å². The molecule has 2 aromatic rings. The quantitative estimate of drug-likeness (QED) is 0.588. The molecule has 2 heterocycles. The van der Waals surface area contributed by atoms with Crippen LogP contribution in [0.15, 0.2) is 53.4 Å². The van der Waals surface area contributed by atoms with Crippen LogP contribution in [-0.2, 0) is 21.9 Å². The average Bonchev–Trinajstić information content (AvgIpc) is 3.73. The molecule has 1 saturated carbocycles. The van der Waals surface area contributed by atoms with Crippen LogP contribution in [0.2, 0.25) is 0 Å². The van der Waals surface area contributed by atoms with Gasteiger partial charge in [0.15, 0.2) is 0 Å². The number of fused-ring (bicyclic) bond motifs is 4. The van der Waals surface area contributed by atoms with Gasteiger partial charge < -0.3 is 14.9 Å². The van der Waals surface area contributed by atoms with E-state index < -0.39 is 10.0 Å². The molecule has 3 fully saturated rings. The monoisotopic (exact) mass is 523 g/mol. The number of hydrogen-bond donors (Lipinski definition) is 1. The van der Waals surface area contributed by atoms with Crippen LogP contribution in [0, 0.1) is 5.92 Å². The maximum Gasteiger partial charge on any atom is 0.243 e. The van der Waals surface area contributed by atoms with Crippen LogP contribution in [0.5, 0.6) is 5.75 Å². The maximum atomic E-state index is 13.5. The van der Waals surface area contributed by atoms with Crippen molar-refractivity contribution in [2.75, 3.05) is 33.2 Å². The summed E-state index contributed by atoms with van der Waals surface area (Å²) in [5, 5.41) is 10.4. The van der Waals surface area contributed by atoms with E-state index in [1.54, 1.807) is 12.1 Å². The molecule has 37 heavy (non-hydrogen) atoms. The molecule has 3 atom stereocenters. The summed E-state index contributed by atoms with van der Waals surface area (Å²) in [7, 11) is -1.20. The molecule has 2 aliphatic carbocycles. The molecule has 1 unspecified atom stereocenters. The summed E-state index contributed by atoms with van der Waals surface area (Å²) in [6.07, 6.45) is 7.03. The second kappa shape index (κ2) is 9.67. The van der Waals surface area contributed by atoms with Gasteiger partial charge in [-0.25, -0.2) is 8.42 Å². The van der Waals surface area contributed by atoms with Crippen LogP contribution in [0.1, 0.15) is 56.6 Å². The van der Waals surface area contributed by atoms with Crippen LogP contribution in [0.3, 0.4) is 0 Å². The van der Waals surface area contributed by atoms with E-state index in [4.69, 9.17) is 0 Å². The first-order valence-corrected chi connectivity index (χ1v) is 15.6. The van der Waals surface area contributed by atoms with Gasteiger partial charge in [0.1, 0.15) is 5.75 Å². The molecule has 2 aromatic carbocycles. The first-order valence-electron chi connectivity index (χ1n) is 14.1. The minimum atomic E-state index is -3.46. The summed E-state index contributed by atoms with van der Waals surface area (Å²) in [6, 6.07) is 15.8. The number of piperidine rings is 2. The van der Waals surface area contributed by atoms with Crippen LogP contribution >= 0.6 is 0 Å². The van der Waals surface area contributed by atoms with Gasteiger partial charge in [0.05, 0.1) is 4.90 Å². The number of benzene rings is 2. The van der Waals surface area contributed by atoms with Crippen molar-refractivity contribution < 1.29 is 13.5 Å². The third-order valence-corrected chi connectivity index (χ3v) is 12.0. The number of aromatic hydroxyl groups is 1. The molecule has 2 bridgehead atoms. The van der Waals surface area contributed by atoms with Crippen molar-refractivity contribution in [3.8, 4) is 5.75 Å². The fourth-order valence-corrected chi connectivity index (χ4v) is 9.59. The second-order valence-corrected chi connectivity index (χ2v) is 13.8. The molecular weight excluding hydrogens is 482 g/mol. The topological polar surface area (TPSA) is 64.1 Å². The molecule has 6 nitrogen and oxygen atoms in total. The lowest BCUT2D eigenvalue weighted by Gasteiger charge is -2.56. The maximum absolute atomic E-state index is 13.5. The molecule has 200 valence electrons. The minimum absolute atomic E-state index is 0.0890. The van der Waals surface area contributed by atoms with E-state index in [1.165, 1.54) is 11.1 Å². The number of likely N-dealkylation sites (tertiary alicyclic amines) is 2. The van der Waals surface area contributed by atoms with E-state index >= 15 is 0 Å². The van der Waals surface area contributed by atoms with Gasteiger partial charge in [-0.1, -0.05) is 31.2 Å². The SMILES string of the molecule is C[C@H]1C2Cc3ccc(O)cc3[C@@]1(CCN1CCC(N(C3CC3)S(=O)(=O)c3ccccc3)CC1)CCN2C. The number of nitrogens with zero attached hydrogens (tertiary/aromatic N) is 3. The van der Waals surface area contributed by atoms with Crippen molar-refractivity contribution >= 4 is 10.0 Å². The Morgan fingerprint density at radius 1 is 1.00 bits per heavy atom. The highest BCUT2D eigenvalue weighted by molar-refractivity contribution is 7.89. The number of phenolic OH excluding ortho intramolecular Hbond substituents is 1. The third kappa shape index (κ3) is 4.52. The fraction of sp³-hybridized carbons (Fsp3) is 0.600. The summed E-state index contributed by atoms with van der Waals surface area (Å²) >= 11 is 0. The van der Waals surface area contributed by atoms with Gasteiger partial charge in [-0.15, -0.1) is 0 Å². The zero-order valence-electron chi connectivity index (χ0n) is 22.2. The smallest absolute Gasteiger partial charge is 0.243 e. The zero-order chi connectivity index (χ0) is 25.8. The lowest BCUT2D eigenvalue weighted by molar-refractivity contribution is 0.0272. The Hall–Kier alpha value is -1.93. The van der Waals surface area contributed by atoms with Crippen molar-refractivity contribution in [2.45, 2.75) is 80.3 Å². The summed E-state index contributed by atoms with van der Waals surface area (Å²) in [5.41, 5.74) is 2.86. The van der Waals surface area contributed by atoms with Crippen LogP contribution in [-0.4, -0.2) is 79.0 Å². The van der Waals surface area contributed by atoms with Crippen molar-refractivity contribution in [1.82, 2.24) is 14.1 Å². The van der Waals surface area contributed by atoms with Crippen LogP contribution < -0.4 is 0 Å². The fourth-order valence-electron chi connectivity index (χ4n) is 7.64. The largest absolute Gasteiger partial charge is 0.508 e. The van der Waals surface area contributed by atoms with Crippen molar-refractivity contribution in [3.63, 3.8) is 0 Å². The lowest BCUT2D eigenvalue weighted by atomic mass is 9.56. The molecule has 0 radical (unpaired) electrons. The molecule has 6 rings (SSSR count). The Morgan fingerprint density at radius 2 is 1.70 bits per heavy atom. The van der Waals surface area contributed by atoms with Crippen molar-refractivity contribution in [2.24, 2.45) is 5.92 Å². The predicted octanol–water partition coefficient (Wildman–Crippen LogP) is 4.23. The van der Waals surface area contributed by atoms with Gasteiger partial charge in [0, 0.05) is 23.5 Å². The number of likely N-dealkylation sites (N-methyl/N-ethyl adjacent to an activating group) is 1. The summed E-state index contributed by atoms with van der Waals surface area (Å²) < 4.78 is 28.9. The third-order valence-electron chi connectivity index (χ3n) is 10.0.